The van der Waals surface area contributed by atoms with Gasteiger partial charge in [0.25, 0.3) is 15.7 Å². The summed E-state index contributed by atoms with van der Waals surface area (Å²) in [7, 11) is -1.48. The summed E-state index contributed by atoms with van der Waals surface area (Å²) in [5.41, 5.74) is 0.284. The number of nitrogens with one attached hydrogen (secondary N) is 1. The van der Waals surface area contributed by atoms with E-state index >= 15 is 0 Å². The molecule has 0 bridgehead atoms. The lowest BCUT2D eigenvalue weighted by Gasteiger charge is -2.21. The second-order valence-corrected chi connectivity index (χ2v) is 8.51. The highest BCUT2D eigenvalue weighted by molar-refractivity contribution is 7.92. The van der Waals surface area contributed by atoms with Gasteiger partial charge in [0, 0.05) is 0 Å². The number of nitrogens with zero attached hydrogens (tertiary/aromatic N) is 1. The molecule has 0 saturated heterocycles. The summed E-state index contributed by atoms with van der Waals surface area (Å²) in [5.74, 6) is 0.496. The molecular formula is C18H22N2O6S. The number of hydrogen-bond donors (Lipinski definition) is 1. The molecule has 8 nitrogen and oxygen atoms in total. The van der Waals surface area contributed by atoms with Crippen molar-refractivity contribution in [1.82, 2.24) is 0 Å². The topological polar surface area (TPSA) is 108 Å². The van der Waals surface area contributed by atoms with E-state index < -0.39 is 25.5 Å². The van der Waals surface area contributed by atoms with Crippen LogP contribution in [0, 0.1) is 10.1 Å². The van der Waals surface area contributed by atoms with Crippen LogP contribution in [0.15, 0.2) is 41.3 Å². The van der Waals surface area contributed by atoms with Crippen LogP contribution in [0.4, 0.5) is 11.4 Å². The number of hydrogen-bond acceptors (Lipinski definition) is 6. The van der Waals surface area contributed by atoms with E-state index in [4.69, 9.17) is 9.47 Å². The Morgan fingerprint density at radius 2 is 1.70 bits per heavy atom. The lowest BCUT2D eigenvalue weighted by atomic mass is 9.87. The highest BCUT2D eigenvalue weighted by atomic mass is 32.2. The molecule has 1 N–H and O–H groups in total. The average molecular weight is 394 g/mol. The molecule has 0 amide bonds. The average Bonchev–Trinajstić information content (AvgIpc) is 2.59. The van der Waals surface area contributed by atoms with Crippen molar-refractivity contribution in [1.29, 1.82) is 0 Å². The standard InChI is InChI=1S/C18H22N2O6S/c1-18(2,3)12-6-8-16(26-5)14(10-12)19-27(23,24)17-9-7-13(25-4)11-15(17)20(21)22/h6-11,19H,1-5H3. The molecule has 0 aliphatic carbocycles. The summed E-state index contributed by atoms with van der Waals surface area (Å²) >= 11 is 0. The molecule has 9 heteroatoms. The van der Waals surface area contributed by atoms with E-state index in [0.29, 0.717) is 5.75 Å². The first-order chi connectivity index (χ1) is 12.5. The second kappa shape index (κ2) is 7.43. The number of anilines is 1. The molecular weight excluding hydrogens is 372 g/mol. The first kappa shape index (κ1) is 20.5. The van der Waals surface area contributed by atoms with Crippen LogP contribution >= 0.6 is 0 Å². The SMILES string of the molecule is COc1ccc(S(=O)(=O)Nc2cc(C(C)(C)C)ccc2OC)c([N+](=O)[O-])c1. The first-order valence-corrected chi connectivity index (χ1v) is 9.51. The predicted octanol–water partition coefficient (Wildman–Crippen LogP) is 3.71. The van der Waals surface area contributed by atoms with Gasteiger partial charge in [0.1, 0.15) is 11.5 Å². The van der Waals surface area contributed by atoms with Gasteiger partial charge in [0.15, 0.2) is 4.90 Å². The normalized spacial score (nSPS) is 11.7. The molecule has 2 rings (SSSR count). The van der Waals surface area contributed by atoms with Crippen LogP contribution in [-0.2, 0) is 15.4 Å². The maximum Gasteiger partial charge on any atom is 0.293 e. The van der Waals surface area contributed by atoms with Gasteiger partial charge in [-0.2, -0.15) is 0 Å². The number of nitro groups is 1. The molecule has 0 atom stereocenters. The summed E-state index contributed by atoms with van der Waals surface area (Å²) in [6.45, 7) is 5.96. The Balaban J connectivity index is 2.56. The molecule has 0 unspecified atom stereocenters. The van der Waals surface area contributed by atoms with Crippen molar-refractivity contribution in [2.45, 2.75) is 31.1 Å². The summed E-state index contributed by atoms with van der Waals surface area (Å²) < 4.78 is 38.3. The van der Waals surface area contributed by atoms with Crippen LogP contribution in [-0.4, -0.2) is 27.6 Å². The summed E-state index contributed by atoms with van der Waals surface area (Å²) in [6, 6.07) is 8.71. The van der Waals surface area contributed by atoms with Crippen molar-refractivity contribution in [3.63, 3.8) is 0 Å². The van der Waals surface area contributed by atoms with Crippen molar-refractivity contribution >= 4 is 21.4 Å². The van der Waals surface area contributed by atoms with Crippen molar-refractivity contribution < 1.29 is 22.8 Å². The first-order valence-electron chi connectivity index (χ1n) is 8.03. The quantitative estimate of drug-likeness (QED) is 0.591. The molecule has 0 aliphatic rings. The molecule has 0 radical (unpaired) electrons. The maximum absolute atomic E-state index is 12.8. The zero-order valence-electron chi connectivity index (χ0n) is 15.8. The fraction of sp³-hybridized carbons (Fsp3) is 0.333. The Labute approximate surface area is 158 Å². The maximum atomic E-state index is 12.8. The highest BCUT2D eigenvalue weighted by Gasteiger charge is 2.28. The third kappa shape index (κ3) is 4.48. The fourth-order valence-electron chi connectivity index (χ4n) is 2.45. The van der Waals surface area contributed by atoms with Gasteiger partial charge >= 0.3 is 0 Å². The molecule has 0 spiro atoms. The molecule has 0 fully saturated rings. The molecule has 2 aromatic carbocycles. The summed E-state index contributed by atoms with van der Waals surface area (Å²) in [6.07, 6.45) is 0. The zero-order valence-corrected chi connectivity index (χ0v) is 16.6. The van der Waals surface area contributed by atoms with Gasteiger partial charge in [0.05, 0.1) is 30.9 Å². The minimum atomic E-state index is -4.24. The van der Waals surface area contributed by atoms with E-state index in [2.05, 4.69) is 4.72 Å². The third-order valence-electron chi connectivity index (χ3n) is 3.96. The summed E-state index contributed by atoms with van der Waals surface area (Å²) in [5, 5.41) is 11.3. The van der Waals surface area contributed by atoms with Crippen molar-refractivity contribution in [2.24, 2.45) is 0 Å². The number of ether oxygens (including phenoxy) is 2. The van der Waals surface area contributed by atoms with E-state index in [1.54, 1.807) is 12.1 Å². The van der Waals surface area contributed by atoms with Crippen LogP contribution in [0.25, 0.3) is 0 Å². The van der Waals surface area contributed by atoms with E-state index in [1.165, 1.54) is 20.3 Å². The molecule has 146 valence electrons. The van der Waals surface area contributed by atoms with E-state index in [1.807, 2.05) is 26.8 Å². The molecule has 0 saturated carbocycles. The number of sulfonamides is 1. The molecule has 27 heavy (non-hydrogen) atoms. The zero-order chi connectivity index (χ0) is 20.4. The Morgan fingerprint density at radius 3 is 2.22 bits per heavy atom. The van der Waals surface area contributed by atoms with Gasteiger partial charge in [-0.25, -0.2) is 8.42 Å². The largest absolute Gasteiger partial charge is 0.497 e. The van der Waals surface area contributed by atoms with Crippen LogP contribution < -0.4 is 14.2 Å². The van der Waals surface area contributed by atoms with Crippen molar-refractivity contribution in [3.05, 3.63) is 52.1 Å². The Hall–Kier alpha value is -2.81. The van der Waals surface area contributed by atoms with Crippen molar-refractivity contribution in [2.75, 3.05) is 18.9 Å². The number of nitro benzene ring substituents is 1. The molecule has 0 aliphatic heterocycles. The van der Waals surface area contributed by atoms with Gasteiger partial charge < -0.3 is 9.47 Å². The predicted molar refractivity (Wildman–Crippen MR) is 102 cm³/mol. The Morgan fingerprint density at radius 1 is 1.04 bits per heavy atom. The number of methoxy groups -OCH3 is 2. The van der Waals surface area contributed by atoms with Gasteiger partial charge in [-0.1, -0.05) is 26.8 Å². The van der Waals surface area contributed by atoms with E-state index in [-0.39, 0.29) is 16.9 Å². The molecule has 0 aromatic heterocycles. The van der Waals surface area contributed by atoms with Crippen LogP contribution in [0.2, 0.25) is 0 Å². The highest BCUT2D eigenvalue weighted by Crippen LogP contribution is 2.35. The minimum absolute atomic E-state index is 0.188. The van der Waals surface area contributed by atoms with Gasteiger partial charge in [0.2, 0.25) is 0 Å². The van der Waals surface area contributed by atoms with Crippen LogP contribution in [0.3, 0.4) is 0 Å². The molecule has 2 aromatic rings. The summed E-state index contributed by atoms with van der Waals surface area (Å²) in [4.78, 5) is 10.1. The fourth-order valence-corrected chi connectivity index (χ4v) is 3.66. The minimum Gasteiger partial charge on any atom is -0.497 e. The number of benzene rings is 2. The number of rotatable bonds is 6. The Bertz CT molecular complexity index is 964. The third-order valence-corrected chi connectivity index (χ3v) is 5.38. The van der Waals surface area contributed by atoms with Gasteiger partial charge in [-0.3, -0.25) is 14.8 Å². The smallest absolute Gasteiger partial charge is 0.293 e. The van der Waals surface area contributed by atoms with Crippen molar-refractivity contribution in [3.8, 4) is 11.5 Å². The second-order valence-electron chi connectivity index (χ2n) is 6.86. The monoisotopic (exact) mass is 394 g/mol. The van der Waals surface area contributed by atoms with Gasteiger partial charge in [-0.05, 0) is 35.2 Å². The van der Waals surface area contributed by atoms with Crippen LogP contribution in [0.5, 0.6) is 11.5 Å². The Kier molecular flexibility index (Phi) is 5.65. The van der Waals surface area contributed by atoms with E-state index in [9.17, 15) is 18.5 Å². The van der Waals surface area contributed by atoms with Crippen LogP contribution in [0.1, 0.15) is 26.3 Å². The van der Waals surface area contributed by atoms with E-state index in [0.717, 1.165) is 17.7 Å². The lowest BCUT2D eigenvalue weighted by Crippen LogP contribution is -2.17. The lowest BCUT2D eigenvalue weighted by molar-refractivity contribution is -0.387. The molecule has 0 heterocycles. The van der Waals surface area contributed by atoms with Gasteiger partial charge in [-0.15, -0.1) is 0 Å².